The van der Waals surface area contributed by atoms with Crippen LogP contribution in [0.5, 0.6) is 0 Å². The van der Waals surface area contributed by atoms with Gasteiger partial charge in [-0.15, -0.1) is 8.58 Å². The Morgan fingerprint density at radius 2 is 0.778 bits per heavy atom. The Bertz CT molecular complexity index is 463. The fraction of sp³-hybridized carbons (Fsp3) is 0.444. The van der Waals surface area contributed by atoms with Crippen LogP contribution in [0.1, 0.15) is 41.5 Å². The Balaban J connectivity index is -0.000000288. The van der Waals surface area contributed by atoms with Crippen molar-refractivity contribution < 1.29 is 42.0 Å². The summed E-state index contributed by atoms with van der Waals surface area (Å²) in [7, 11) is -9.61. The molecule has 0 unspecified atom stereocenters. The van der Waals surface area contributed by atoms with E-state index < -0.39 is 7.81 Å². The van der Waals surface area contributed by atoms with Crippen LogP contribution in [0, 0.1) is 0 Å². The summed E-state index contributed by atoms with van der Waals surface area (Å²) in [6.45, 7) is 13.8. The Labute approximate surface area is 171 Å². The smallest absolute Gasteiger partial charge is 0.214 e. The Morgan fingerprint density at radius 1 is 0.593 bits per heavy atom. The first-order valence-electron chi connectivity index (χ1n) is 7.85. The summed E-state index contributed by atoms with van der Waals surface area (Å²) in [6.07, 6.45) is 0. The molecule has 0 N–H and O–H groups in total. The molecule has 0 saturated heterocycles. The molecule has 163 valence electrons. The minimum absolute atomic E-state index is 0. The van der Waals surface area contributed by atoms with E-state index in [0.717, 1.165) is 8.58 Å². The van der Waals surface area contributed by atoms with Gasteiger partial charge in [0.05, 0.1) is 0 Å². The van der Waals surface area contributed by atoms with Crippen LogP contribution in [0.4, 0.5) is 25.2 Å². The summed E-state index contributed by atoms with van der Waals surface area (Å²) in [5.74, 6) is 0. The molecule has 2 aromatic carbocycles. The SMILES string of the molecule is CC(C)(C)PC(C)(C)C.F[P-](F)(F)(F)(F)F.[Co+2].c1cc[cH-]c1.c1cc[cH-]c1. The van der Waals surface area contributed by atoms with Crippen LogP contribution in [0.2, 0.25) is 0 Å². The Morgan fingerprint density at radius 3 is 0.815 bits per heavy atom. The largest absolute Gasteiger partial charge is 2.00 e. The van der Waals surface area contributed by atoms with E-state index in [0.29, 0.717) is 10.3 Å². The van der Waals surface area contributed by atoms with Crippen LogP contribution in [-0.4, -0.2) is 10.3 Å². The minimum atomic E-state index is -10.7. The van der Waals surface area contributed by atoms with E-state index in [1.165, 1.54) is 0 Å². The molecular formula is C18H29CoF6P2-. The predicted octanol–water partition coefficient (Wildman–Crippen LogP) is 9.45. The van der Waals surface area contributed by atoms with Gasteiger partial charge in [-0.05, 0) is 10.3 Å². The molecule has 0 aliphatic carbocycles. The van der Waals surface area contributed by atoms with Crippen LogP contribution < -0.4 is 0 Å². The third-order valence-electron chi connectivity index (χ3n) is 1.86. The van der Waals surface area contributed by atoms with E-state index in [-0.39, 0.29) is 16.8 Å². The topological polar surface area (TPSA) is 0 Å². The van der Waals surface area contributed by atoms with Crippen molar-refractivity contribution in [2.24, 2.45) is 0 Å². The van der Waals surface area contributed by atoms with Crippen LogP contribution >= 0.6 is 16.4 Å². The Hall–Kier alpha value is -0.354. The molecular weight excluding hydrogens is 451 g/mol. The van der Waals surface area contributed by atoms with Gasteiger partial charge < -0.3 is 0 Å². The second-order valence-corrected chi connectivity index (χ2v) is 12.7. The summed E-state index contributed by atoms with van der Waals surface area (Å²) >= 11 is 0. The van der Waals surface area contributed by atoms with E-state index in [1.807, 2.05) is 60.7 Å². The van der Waals surface area contributed by atoms with Crippen LogP contribution in [0.3, 0.4) is 0 Å². The molecule has 0 nitrogen and oxygen atoms in total. The summed E-state index contributed by atoms with van der Waals surface area (Å²) in [6, 6.07) is 20.0. The summed E-state index contributed by atoms with van der Waals surface area (Å²) in [5, 5.41) is 1.02. The average molecular weight is 480 g/mol. The van der Waals surface area contributed by atoms with Gasteiger partial charge in [-0.25, -0.2) is 24.3 Å². The van der Waals surface area contributed by atoms with E-state index in [2.05, 4.69) is 41.5 Å². The zero-order chi connectivity index (χ0) is 21.2. The van der Waals surface area contributed by atoms with Crippen molar-refractivity contribution in [3.8, 4) is 0 Å². The van der Waals surface area contributed by atoms with Crippen molar-refractivity contribution in [1.29, 1.82) is 0 Å². The molecule has 0 atom stereocenters. The fourth-order valence-electron chi connectivity index (χ4n) is 1.77. The van der Waals surface area contributed by atoms with Crippen molar-refractivity contribution >= 4 is 16.4 Å². The van der Waals surface area contributed by atoms with Crippen molar-refractivity contribution in [2.45, 2.75) is 51.9 Å². The van der Waals surface area contributed by atoms with Crippen LogP contribution in [0.25, 0.3) is 0 Å². The molecule has 27 heavy (non-hydrogen) atoms. The van der Waals surface area contributed by atoms with Crippen LogP contribution in [0.15, 0.2) is 60.7 Å². The third kappa shape index (κ3) is 58.6. The molecule has 9 heteroatoms. The molecule has 0 amide bonds. The molecule has 0 aliphatic heterocycles. The van der Waals surface area contributed by atoms with Gasteiger partial charge in [0.25, 0.3) is 0 Å². The van der Waals surface area contributed by atoms with Gasteiger partial charge in [-0.3, -0.25) is 0 Å². The molecule has 0 aliphatic rings. The van der Waals surface area contributed by atoms with Gasteiger partial charge in [0.1, 0.15) is 0 Å². The van der Waals surface area contributed by atoms with E-state index in [1.54, 1.807) is 0 Å². The maximum atomic E-state index is 9.87. The van der Waals surface area contributed by atoms with Crippen LogP contribution in [-0.2, 0) is 16.8 Å². The van der Waals surface area contributed by atoms with E-state index in [9.17, 15) is 25.2 Å². The van der Waals surface area contributed by atoms with Gasteiger partial charge in [0.15, 0.2) is 0 Å². The first-order valence-corrected chi connectivity index (χ1v) is 10.9. The second-order valence-electron chi connectivity index (χ2n) is 7.51. The van der Waals surface area contributed by atoms with Crippen molar-refractivity contribution in [2.75, 3.05) is 0 Å². The zero-order valence-corrected chi connectivity index (χ0v) is 19.3. The maximum Gasteiger partial charge on any atom is 2.00 e. The molecule has 0 heterocycles. The third-order valence-corrected chi connectivity index (χ3v) is 3.36. The van der Waals surface area contributed by atoms with Gasteiger partial charge in [0.2, 0.25) is 0 Å². The van der Waals surface area contributed by atoms with E-state index in [4.69, 9.17) is 0 Å². The molecule has 0 bridgehead atoms. The molecule has 0 aromatic heterocycles. The number of rotatable bonds is 0. The summed E-state index contributed by atoms with van der Waals surface area (Å²) < 4.78 is 59.2. The van der Waals surface area contributed by atoms with Gasteiger partial charge >= 0.3 is 49.8 Å². The molecule has 1 radical (unpaired) electrons. The minimum Gasteiger partial charge on any atom is -0.214 e. The van der Waals surface area contributed by atoms with Gasteiger partial charge in [-0.1, -0.05) is 41.5 Å². The molecule has 2 rings (SSSR count). The Kier molecular flexibility index (Phi) is 12.8. The summed E-state index contributed by atoms with van der Waals surface area (Å²) in [4.78, 5) is 0. The summed E-state index contributed by atoms with van der Waals surface area (Å²) in [5.41, 5.74) is 0. The fourth-order valence-corrected chi connectivity index (χ4v) is 4.02. The van der Waals surface area contributed by atoms with Gasteiger partial charge in [-0.2, -0.15) is 36.4 Å². The average Bonchev–Trinajstić information content (AvgIpc) is 3.00. The molecule has 0 fully saturated rings. The normalized spacial score (nSPS) is 13.6. The number of hydrogen-bond donors (Lipinski definition) is 0. The molecule has 0 saturated carbocycles. The second kappa shape index (κ2) is 11.0. The zero-order valence-electron chi connectivity index (χ0n) is 16.3. The van der Waals surface area contributed by atoms with Crippen molar-refractivity contribution in [1.82, 2.24) is 0 Å². The van der Waals surface area contributed by atoms with E-state index >= 15 is 0 Å². The van der Waals surface area contributed by atoms with Crippen molar-refractivity contribution in [3.05, 3.63) is 60.7 Å². The number of halogens is 6. The molecule has 2 aromatic rings. The standard InChI is InChI=1S/C8H19P.2C5H5.Co.F6P/c1-7(2,3)9-8(4,5)6;2*1-2-4-5-3-1;;1-7(2,3,4,5)6/h9H,1-6H3;2*1-5H;;/q;2*-1;+2;-1. The van der Waals surface area contributed by atoms with Crippen molar-refractivity contribution in [3.63, 3.8) is 0 Å². The quantitative estimate of drug-likeness (QED) is 0.200. The first-order chi connectivity index (χ1) is 11.2. The van der Waals surface area contributed by atoms with Gasteiger partial charge in [0, 0.05) is 0 Å². The predicted molar refractivity (Wildman–Crippen MR) is 105 cm³/mol. The number of hydrogen-bond acceptors (Lipinski definition) is 0. The maximum absolute atomic E-state index is 10.7. The molecule has 0 spiro atoms. The monoisotopic (exact) mass is 480 g/mol. The first kappa shape index (κ1) is 31.3.